The molecule has 1 aromatic rings. The van der Waals surface area contributed by atoms with Crippen LogP contribution in [-0.4, -0.2) is 11.6 Å². The molecule has 116 valence electrons. The lowest BCUT2D eigenvalue weighted by molar-refractivity contribution is 0.0954. The maximum Gasteiger partial charge on any atom is 0.271 e. The zero-order valence-corrected chi connectivity index (χ0v) is 14.8. The molecule has 0 spiro atoms. The second kappa shape index (κ2) is 7.05. The van der Waals surface area contributed by atoms with Crippen LogP contribution in [-0.2, 0) is 0 Å². The number of hydrogen-bond donors (Lipinski definition) is 1. The van der Waals surface area contributed by atoms with Crippen LogP contribution in [0.1, 0.15) is 42.6 Å². The number of nitrogens with zero attached hydrogens (tertiary/aromatic N) is 1. The third kappa shape index (κ3) is 3.95. The van der Waals surface area contributed by atoms with Gasteiger partial charge in [0, 0.05) is 10.0 Å². The third-order valence-corrected chi connectivity index (χ3v) is 4.88. The molecule has 3 nitrogen and oxygen atoms in total. The quantitative estimate of drug-likeness (QED) is 0.611. The van der Waals surface area contributed by atoms with E-state index in [1.165, 1.54) is 0 Å². The predicted octanol–water partition coefficient (Wildman–Crippen LogP) is 4.78. The summed E-state index contributed by atoms with van der Waals surface area (Å²) in [6.07, 6.45) is 3.99. The van der Waals surface area contributed by atoms with Crippen LogP contribution in [0.2, 0.25) is 0 Å². The van der Waals surface area contributed by atoms with Crippen LogP contribution in [0.4, 0.5) is 0 Å². The molecular weight excluding hydrogens is 340 g/mol. The van der Waals surface area contributed by atoms with E-state index in [9.17, 15) is 4.79 Å². The molecule has 4 heteroatoms. The van der Waals surface area contributed by atoms with Gasteiger partial charge in [-0.1, -0.05) is 40.2 Å². The average Bonchev–Trinajstić information content (AvgIpc) is 2.48. The second-order valence-corrected chi connectivity index (χ2v) is 6.69. The third-order valence-electron chi connectivity index (χ3n) is 4.03. The molecule has 1 amide bonds. The number of allylic oxidation sites excluding steroid dienone is 3. The summed E-state index contributed by atoms with van der Waals surface area (Å²) in [6.45, 7) is 10.1. The lowest BCUT2D eigenvalue weighted by Crippen LogP contribution is -2.23. The Morgan fingerprint density at radius 3 is 2.77 bits per heavy atom. The molecule has 22 heavy (non-hydrogen) atoms. The van der Waals surface area contributed by atoms with E-state index in [1.807, 2.05) is 32.9 Å². The molecule has 0 bridgehead atoms. The fourth-order valence-electron chi connectivity index (χ4n) is 2.34. The number of carbonyl (C=O) groups is 1. The van der Waals surface area contributed by atoms with Gasteiger partial charge in [-0.25, -0.2) is 5.43 Å². The van der Waals surface area contributed by atoms with Gasteiger partial charge in [-0.05, 0) is 62.8 Å². The molecule has 0 saturated heterocycles. The number of nitrogens with one attached hydrogen (secondary N) is 1. The van der Waals surface area contributed by atoms with E-state index in [1.54, 1.807) is 6.07 Å². The number of hydrazone groups is 1. The molecule has 1 N–H and O–H groups in total. The van der Waals surface area contributed by atoms with Crippen molar-refractivity contribution in [3.05, 3.63) is 57.6 Å². The van der Waals surface area contributed by atoms with E-state index in [0.717, 1.165) is 39.7 Å². The van der Waals surface area contributed by atoms with Gasteiger partial charge in [-0.3, -0.25) is 4.79 Å². The second-order valence-electron chi connectivity index (χ2n) is 5.83. The zero-order valence-electron chi connectivity index (χ0n) is 13.2. The monoisotopic (exact) mass is 360 g/mol. The minimum Gasteiger partial charge on any atom is -0.267 e. The van der Waals surface area contributed by atoms with Crippen molar-refractivity contribution in [2.75, 3.05) is 0 Å². The summed E-state index contributed by atoms with van der Waals surface area (Å²) < 4.78 is 0.920. The highest BCUT2D eigenvalue weighted by molar-refractivity contribution is 9.10. The first-order valence-corrected chi connectivity index (χ1v) is 8.13. The summed E-state index contributed by atoms with van der Waals surface area (Å²) in [5.41, 5.74) is 7.57. The fraction of sp³-hybridized carbons (Fsp3) is 0.333. The molecule has 0 radical (unpaired) electrons. The number of hydrogen-bond acceptors (Lipinski definition) is 2. The lowest BCUT2D eigenvalue weighted by atomic mass is 9.85. The van der Waals surface area contributed by atoms with Crippen molar-refractivity contribution in [2.45, 2.75) is 33.6 Å². The van der Waals surface area contributed by atoms with E-state index in [4.69, 9.17) is 0 Å². The SMILES string of the molecule is C=C(C)C1CC=C(C)/C(=N/NC(=O)c2ccc(C)c(Br)c2)C1. The van der Waals surface area contributed by atoms with Gasteiger partial charge in [-0.2, -0.15) is 5.10 Å². The van der Waals surface area contributed by atoms with Crippen LogP contribution in [0.3, 0.4) is 0 Å². The molecule has 0 saturated carbocycles. The number of aryl methyl sites for hydroxylation is 1. The molecule has 1 aliphatic rings. The molecule has 1 atom stereocenters. The van der Waals surface area contributed by atoms with Crippen molar-refractivity contribution in [2.24, 2.45) is 11.0 Å². The Kier molecular flexibility index (Phi) is 5.35. The summed E-state index contributed by atoms with van der Waals surface area (Å²) in [6, 6.07) is 5.52. The lowest BCUT2D eigenvalue weighted by Gasteiger charge is -2.22. The van der Waals surface area contributed by atoms with E-state index >= 15 is 0 Å². The Bertz CT molecular complexity index is 674. The normalized spacial score (nSPS) is 19.7. The van der Waals surface area contributed by atoms with Gasteiger partial charge in [0.15, 0.2) is 0 Å². The van der Waals surface area contributed by atoms with Gasteiger partial charge in [0.05, 0.1) is 5.71 Å². The molecule has 1 aliphatic carbocycles. The summed E-state index contributed by atoms with van der Waals surface area (Å²) >= 11 is 3.44. The Morgan fingerprint density at radius 1 is 1.41 bits per heavy atom. The van der Waals surface area contributed by atoms with Crippen molar-refractivity contribution in [3.8, 4) is 0 Å². The van der Waals surface area contributed by atoms with Gasteiger partial charge >= 0.3 is 0 Å². The zero-order chi connectivity index (χ0) is 16.3. The van der Waals surface area contributed by atoms with Crippen molar-refractivity contribution in [1.29, 1.82) is 0 Å². The van der Waals surface area contributed by atoms with E-state index in [2.05, 4.69) is 39.1 Å². The van der Waals surface area contributed by atoms with Gasteiger partial charge in [0.25, 0.3) is 5.91 Å². The Hall–Kier alpha value is -1.68. The maximum absolute atomic E-state index is 12.2. The first-order chi connectivity index (χ1) is 10.4. The Morgan fingerprint density at radius 2 is 2.14 bits per heavy atom. The van der Waals surface area contributed by atoms with E-state index in [-0.39, 0.29) is 5.91 Å². The number of amides is 1. The van der Waals surface area contributed by atoms with E-state index < -0.39 is 0 Å². The molecule has 2 rings (SSSR count). The standard InChI is InChI=1S/C18H21BrN2O/c1-11(2)14-7-6-13(4)17(10-14)20-21-18(22)15-8-5-12(3)16(19)9-15/h5-6,8-9,14H,1,7,10H2,2-4H3,(H,21,22)/b20-17+. The summed E-state index contributed by atoms with van der Waals surface area (Å²) in [5.74, 6) is 0.214. The van der Waals surface area contributed by atoms with Crippen molar-refractivity contribution in [3.63, 3.8) is 0 Å². The highest BCUT2D eigenvalue weighted by Gasteiger charge is 2.19. The van der Waals surface area contributed by atoms with Crippen LogP contribution in [0.5, 0.6) is 0 Å². The Labute approximate surface area is 140 Å². The first kappa shape index (κ1) is 16.7. The largest absolute Gasteiger partial charge is 0.271 e. The average molecular weight is 361 g/mol. The predicted molar refractivity (Wildman–Crippen MR) is 95.1 cm³/mol. The fourth-order valence-corrected chi connectivity index (χ4v) is 2.72. The van der Waals surface area contributed by atoms with E-state index in [0.29, 0.717) is 11.5 Å². The van der Waals surface area contributed by atoms with Crippen LogP contribution in [0.15, 0.2) is 51.6 Å². The Balaban J connectivity index is 2.11. The van der Waals surface area contributed by atoms with Gasteiger partial charge < -0.3 is 0 Å². The number of benzene rings is 1. The van der Waals surface area contributed by atoms with Gasteiger partial charge in [0.1, 0.15) is 0 Å². The van der Waals surface area contributed by atoms with Crippen LogP contribution >= 0.6 is 15.9 Å². The summed E-state index contributed by atoms with van der Waals surface area (Å²) in [7, 11) is 0. The van der Waals surface area contributed by atoms with Crippen LogP contribution in [0.25, 0.3) is 0 Å². The smallest absolute Gasteiger partial charge is 0.267 e. The number of rotatable bonds is 3. The molecule has 1 unspecified atom stereocenters. The molecule has 0 heterocycles. The first-order valence-electron chi connectivity index (χ1n) is 7.34. The maximum atomic E-state index is 12.2. The van der Waals surface area contributed by atoms with Crippen molar-refractivity contribution >= 4 is 27.5 Å². The van der Waals surface area contributed by atoms with Crippen LogP contribution in [0, 0.1) is 12.8 Å². The number of halogens is 1. The summed E-state index contributed by atoms with van der Waals surface area (Å²) in [5, 5.41) is 4.32. The minimum absolute atomic E-state index is 0.196. The van der Waals surface area contributed by atoms with Gasteiger partial charge in [0.2, 0.25) is 0 Å². The molecule has 0 aromatic heterocycles. The highest BCUT2D eigenvalue weighted by atomic mass is 79.9. The van der Waals surface area contributed by atoms with Gasteiger partial charge in [-0.15, -0.1) is 0 Å². The highest BCUT2D eigenvalue weighted by Crippen LogP contribution is 2.26. The van der Waals surface area contributed by atoms with Crippen LogP contribution < -0.4 is 5.43 Å². The van der Waals surface area contributed by atoms with Crippen molar-refractivity contribution in [1.82, 2.24) is 5.43 Å². The number of carbonyl (C=O) groups excluding carboxylic acids is 1. The molecule has 0 aliphatic heterocycles. The molecule has 1 aromatic carbocycles. The topological polar surface area (TPSA) is 41.5 Å². The summed E-state index contributed by atoms with van der Waals surface area (Å²) in [4.78, 5) is 12.2. The minimum atomic E-state index is -0.196. The molecular formula is C18H21BrN2O. The van der Waals surface area contributed by atoms with Crippen molar-refractivity contribution < 1.29 is 4.79 Å². The molecule has 0 fully saturated rings.